The molecule has 17 heteroatoms. The van der Waals surface area contributed by atoms with Crippen molar-refractivity contribution in [3.8, 4) is 11.1 Å². The zero-order chi connectivity index (χ0) is 41.9. The molecule has 0 saturated carbocycles. The fourth-order valence-electron chi connectivity index (χ4n) is 6.35. The van der Waals surface area contributed by atoms with Crippen molar-refractivity contribution in [1.29, 1.82) is 0 Å². The summed E-state index contributed by atoms with van der Waals surface area (Å²) in [4.78, 5) is 62.8. The maximum absolute atomic E-state index is 13.6. The van der Waals surface area contributed by atoms with E-state index in [9.17, 15) is 29.1 Å². The molecule has 2 aliphatic rings. The minimum Gasteiger partial charge on any atom is -0.461 e. The molecule has 0 unspecified atom stereocenters. The van der Waals surface area contributed by atoms with E-state index in [1.165, 1.54) is 17.8 Å². The number of primary amides is 2. The van der Waals surface area contributed by atoms with Crippen molar-refractivity contribution < 1.29 is 52.5 Å². The number of esters is 1. The molecule has 2 aromatic carbocycles. The summed E-state index contributed by atoms with van der Waals surface area (Å²) in [5.41, 5.74) is 14.0. The molecular weight excluding hydrogens is 773 g/mol. The predicted octanol–water partition coefficient (Wildman–Crippen LogP) is 4.46. The maximum Gasteiger partial charge on any atom is 0.407 e. The molecule has 4 rings (SSSR count). The number of thioether (sulfide) groups is 1. The summed E-state index contributed by atoms with van der Waals surface area (Å²) in [6, 6.07) is 13.5. The van der Waals surface area contributed by atoms with E-state index in [1.807, 2.05) is 82.4 Å². The fourth-order valence-corrected chi connectivity index (χ4v) is 8.86. The van der Waals surface area contributed by atoms with E-state index in [0.717, 1.165) is 22.3 Å². The number of alkyl carbamates (subject to hydrolysis) is 2. The number of fused-ring (bicyclic) bond motifs is 3. The lowest BCUT2D eigenvalue weighted by molar-refractivity contribution is -0.180. The molecule has 1 aliphatic carbocycles. The number of nitrogens with two attached hydrogens (primary N) is 2. The highest BCUT2D eigenvalue weighted by molar-refractivity contribution is 7.99. The SMILES string of the molecule is C=CCOC(=O)N[C@@H]1[C@@H](O[Si](C)(C)C(C)(C)C)[C@@H](O)[C@@H](COC(=O)[C@H](CCC(N)=O)NC(=O)OCC2c3ccccc3-c3ccccc32)O[C@@H]1SCCCC(N)=O. The molecule has 2 aromatic rings. The summed E-state index contributed by atoms with van der Waals surface area (Å²) >= 11 is 1.26. The summed E-state index contributed by atoms with van der Waals surface area (Å²) in [5, 5.41) is 16.8. The van der Waals surface area contributed by atoms with Gasteiger partial charge in [0, 0.05) is 18.8 Å². The number of carbonyl (C=O) groups is 5. The summed E-state index contributed by atoms with van der Waals surface area (Å²) < 4.78 is 29.5. The van der Waals surface area contributed by atoms with Crippen molar-refractivity contribution in [3.05, 3.63) is 72.3 Å². The van der Waals surface area contributed by atoms with Gasteiger partial charge in [-0.05, 0) is 59.0 Å². The molecular formula is C40H56N4O11SSi. The second kappa shape index (κ2) is 20.3. The standard InChI is InChI=1S/C40H56N4O11SSi/c1-7-20-51-39(50)44-33-35(55-57(5,6)40(2,3)4)34(47)30(54-37(33)56-21-12-17-31(41)45)23-52-36(48)29(18-19-32(42)46)43-38(49)53-22-28-26-15-10-8-13-24(26)25-14-9-11-16-27(25)28/h7-11,13-16,28-30,33-35,37,47H,1,12,17-23H2,2-6H3,(H2,41,45)(H2,42,46)(H,43,49)(H,44,50)/t29-,30+,33+,34-,35+,37+/m0/s1. The molecule has 1 heterocycles. The number of nitrogens with one attached hydrogen (secondary N) is 2. The first-order chi connectivity index (χ1) is 26.9. The smallest absolute Gasteiger partial charge is 0.407 e. The number of carbonyl (C=O) groups excluding carboxylic acids is 5. The molecule has 57 heavy (non-hydrogen) atoms. The van der Waals surface area contributed by atoms with E-state index in [2.05, 4.69) is 17.2 Å². The van der Waals surface area contributed by atoms with Crippen molar-refractivity contribution in [2.45, 2.75) is 106 Å². The van der Waals surface area contributed by atoms with Gasteiger partial charge in [-0.1, -0.05) is 82.0 Å². The number of rotatable bonds is 19. The van der Waals surface area contributed by atoms with Crippen LogP contribution in [-0.4, -0.2) is 105 Å². The average Bonchev–Trinajstić information content (AvgIpc) is 3.47. The first-order valence-corrected chi connectivity index (χ1v) is 22.9. The van der Waals surface area contributed by atoms with Crippen LogP contribution in [0.3, 0.4) is 0 Å². The predicted molar refractivity (Wildman–Crippen MR) is 217 cm³/mol. The number of ether oxygens (including phenoxy) is 4. The number of aliphatic hydroxyl groups is 1. The molecule has 6 atom stereocenters. The number of hydrogen-bond donors (Lipinski definition) is 5. The van der Waals surface area contributed by atoms with Crippen LogP contribution >= 0.6 is 11.8 Å². The fraction of sp³-hybridized carbons (Fsp3) is 0.525. The van der Waals surface area contributed by atoms with Gasteiger partial charge in [0.1, 0.15) is 43.5 Å². The van der Waals surface area contributed by atoms with Gasteiger partial charge in [-0.3, -0.25) is 9.59 Å². The number of benzene rings is 2. The van der Waals surface area contributed by atoms with Crippen LogP contribution in [0.4, 0.5) is 9.59 Å². The highest BCUT2D eigenvalue weighted by Crippen LogP contribution is 2.45. The highest BCUT2D eigenvalue weighted by atomic mass is 32.2. The lowest BCUT2D eigenvalue weighted by Gasteiger charge is -2.49. The molecule has 1 saturated heterocycles. The Morgan fingerprint density at radius 3 is 2.12 bits per heavy atom. The molecule has 0 aromatic heterocycles. The average molecular weight is 829 g/mol. The Morgan fingerprint density at radius 1 is 0.930 bits per heavy atom. The third-order valence-corrected chi connectivity index (χ3v) is 16.1. The van der Waals surface area contributed by atoms with Crippen LogP contribution in [0.1, 0.15) is 63.5 Å². The molecule has 15 nitrogen and oxygen atoms in total. The third kappa shape index (κ3) is 12.3. The molecule has 4 amide bonds. The van der Waals surface area contributed by atoms with E-state index in [0.29, 0.717) is 12.2 Å². The van der Waals surface area contributed by atoms with Gasteiger partial charge in [0.15, 0.2) is 8.32 Å². The molecule has 1 fully saturated rings. The van der Waals surface area contributed by atoms with Gasteiger partial charge < -0.3 is 50.6 Å². The van der Waals surface area contributed by atoms with Gasteiger partial charge in [0.05, 0.1) is 12.1 Å². The summed E-state index contributed by atoms with van der Waals surface area (Å²) in [6.07, 6.45) is -3.79. The van der Waals surface area contributed by atoms with E-state index < -0.39 is 80.7 Å². The minimum absolute atomic E-state index is 0.00992. The van der Waals surface area contributed by atoms with E-state index in [-0.39, 0.29) is 43.4 Å². The Kier molecular flexibility index (Phi) is 16.1. The van der Waals surface area contributed by atoms with Crippen LogP contribution in [0.5, 0.6) is 0 Å². The lowest BCUT2D eigenvalue weighted by Crippen LogP contribution is -2.66. The molecule has 0 bridgehead atoms. The molecule has 1 aliphatic heterocycles. The molecule has 0 spiro atoms. The van der Waals surface area contributed by atoms with E-state index in [4.69, 9.17) is 34.8 Å². The zero-order valence-corrected chi connectivity index (χ0v) is 35.0. The van der Waals surface area contributed by atoms with Crippen molar-refractivity contribution in [3.63, 3.8) is 0 Å². The van der Waals surface area contributed by atoms with Crippen molar-refractivity contribution >= 4 is 50.0 Å². The molecule has 312 valence electrons. The highest BCUT2D eigenvalue weighted by Gasteiger charge is 2.51. The van der Waals surface area contributed by atoms with E-state index in [1.54, 1.807) is 0 Å². The number of hydrogen-bond acceptors (Lipinski definition) is 12. The van der Waals surface area contributed by atoms with Crippen LogP contribution in [0.15, 0.2) is 61.2 Å². The van der Waals surface area contributed by atoms with E-state index >= 15 is 0 Å². The molecule has 0 radical (unpaired) electrons. The van der Waals surface area contributed by atoms with Crippen LogP contribution < -0.4 is 22.1 Å². The lowest BCUT2D eigenvalue weighted by atomic mass is 9.98. The quantitative estimate of drug-likeness (QED) is 0.0435. The second-order valence-corrected chi connectivity index (χ2v) is 21.5. The van der Waals surface area contributed by atoms with Crippen molar-refractivity contribution in [2.75, 3.05) is 25.6 Å². The normalized spacial score (nSPS) is 21.0. The largest absolute Gasteiger partial charge is 0.461 e. The number of amides is 4. The van der Waals surface area contributed by atoms with Crippen LogP contribution in [0.25, 0.3) is 11.1 Å². The Balaban J connectivity index is 1.50. The van der Waals surface area contributed by atoms with Gasteiger partial charge in [-0.25, -0.2) is 14.4 Å². The van der Waals surface area contributed by atoms with Crippen molar-refractivity contribution in [1.82, 2.24) is 10.6 Å². The Morgan fingerprint density at radius 2 is 1.54 bits per heavy atom. The van der Waals surface area contributed by atoms with Crippen LogP contribution in [-0.2, 0) is 37.8 Å². The summed E-state index contributed by atoms with van der Waals surface area (Å²) in [7, 11) is -2.63. The van der Waals surface area contributed by atoms with Gasteiger partial charge in [-0.2, -0.15) is 0 Å². The van der Waals surface area contributed by atoms with Gasteiger partial charge in [0.2, 0.25) is 11.8 Å². The third-order valence-electron chi connectivity index (χ3n) is 10.4. The molecule has 7 N–H and O–H groups in total. The zero-order valence-electron chi connectivity index (χ0n) is 33.2. The van der Waals surface area contributed by atoms with Crippen molar-refractivity contribution in [2.24, 2.45) is 11.5 Å². The van der Waals surface area contributed by atoms with Crippen LogP contribution in [0.2, 0.25) is 18.1 Å². The monoisotopic (exact) mass is 828 g/mol. The topological polar surface area (TPSA) is 228 Å². The van der Waals surface area contributed by atoms with Gasteiger partial charge in [0.25, 0.3) is 0 Å². The maximum atomic E-state index is 13.6. The minimum atomic E-state index is -2.63. The number of aliphatic hydroxyl groups excluding tert-OH is 1. The van der Waals surface area contributed by atoms with Crippen LogP contribution in [0, 0.1) is 0 Å². The Labute approximate surface area is 339 Å². The first kappa shape index (κ1) is 45.3. The Bertz CT molecular complexity index is 1710. The Hall–Kier alpha value is -4.42. The first-order valence-electron chi connectivity index (χ1n) is 18.9. The summed E-state index contributed by atoms with van der Waals surface area (Å²) in [5.74, 6) is -1.92. The summed E-state index contributed by atoms with van der Waals surface area (Å²) in [6.45, 7) is 13.1. The second-order valence-electron chi connectivity index (χ2n) is 15.5. The van der Waals surface area contributed by atoms with Gasteiger partial charge >= 0.3 is 18.2 Å². The van der Waals surface area contributed by atoms with Gasteiger partial charge in [-0.15, -0.1) is 11.8 Å².